The van der Waals surface area contributed by atoms with Crippen molar-refractivity contribution in [2.45, 2.75) is 19.4 Å². The van der Waals surface area contributed by atoms with E-state index < -0.39 is 17.7 Å². The molecule has 6 heteroatoms. The summed E-state index contributed by atoms with van der Waals surface area (Å²) >= 11 is 5.94. The highest BCUT2D eigenvalue weighted by molar-refractivity contribution is 6.46. The molecular weight excluding hydrogens is 388 g/mol. The highest BCUT2D eigenvalue weighted by Gasteiger charge is 2.45. The predicted octanol–water partition coefficient (Wildman–Crippen LogP) is 4.02. The molecule has 3 rings (SSSR count). The van der Waals surface area contributed by atoms with E-state index in [1.807, 2.05) is 50.2 Å². The van der Waals surface area contributed by atoms with Crippen molar-refractivity contribution in [3.63, 3.8) is 0 Å². The van der Waals surface area contributed by atoms with Crippen molar-refractivity contribution in [1.29, 1.82) is 0 Å². The van der Waals surface area contributed by atoms with Crippen LogP contribution in [0.1, 0.15) is 29.2 Å². The number of rotatable bonds is 6. The van der Waals surface area contributed by atoms with Gasteiger partial charge in [-0.05, 0) is 63.8 Å². The standard InChI is InChI=1S/C23H25ClN2O3/c1-15-5-7-16(8-6-15)20-19(21(27)17-9-11-18(24)12-10-17)22(28)23(29)26(20)14-4-13-25(2)3/h5-12,20,27H,4,13-14H2,1-3H3/b21-19+/t20-/m0/s1. The summed E-state index contributed by atoms with van der Waals surface area (Å²) in [5.41, 5.74) is 2.45. The van der Waals surface area contributed by atoms with E-state index in [1.54, 1.807) is 29.2 Å². The van der Waals surface area contributed by atoms with E-state index in [-0.39, 0.29) is 11.3 Å². The highest BCUT2D eigenvalue weighted by Crippen LogP contribution is 2.39. The van der Waals surface area contributed by atoms with E-state index in [0.717, 1.165) is 24.1 Å². The lowest BCUT2D eigenvalue weighted by molar-refractivity contribution is -0.139. The van der Waals surface area contributed by atoms with Crippen molar-refractivity contribution in [2.75, 3.05) is 27.2 Å². The minimum absolute atomic E-state index is 0.117. The number of aliphatic hydroxyl groups excluding tert-OH is 1. The van der Waals surface area contributed by atoms with Crippen LogP contribution < -0.4 is 0 Å². The van der Waals surface area contributed by atoms with Gasteiger partial charge in [0, 0.05) is 17.1 Å². The number of carbonyl (C=O) groups excluding carboxylic acids is 2. The van der Waals surface area contributed by atoms with Crippen molar-refractivity contribution in [1.82, 2.24) is 9.80 Å². The summed E-state index contributed by atoms with van der Waals surface area (Å²) in [6, 6.07) is 13.6. The molecule has 1 atom stereocenters. The van der Waals surface area contributed by atoms with Gasteiger partial charge in [0.05, 0.1) is 11.6 Å². The Bertz CT molecular complexity index is 934. The SMILES string of the molecule is Cc1ccc([C@H]2/C(=C(\O)c3ccc(Cl)cc3)C(=O)C(=O)N2CCCN(C)C)cc1. The van der Waals surface area contributed by atoms with Crippen molar-refractivity contribution in [3.8, 4) is 0 Å². The van der Waals surface area contributed by atoms with Crippen LogP contribution in [0.4, 0.5) is 0 Å². The fraction of sp³-hybridized carbons (Fsp3) is 0.304. The summed E-state index contributed by atoms with van der Waals surface area (Å²) in [4.78, 5) is 29.3. The molecule has 0 unspecified atom stereocenters. The fourth-order valence-electron chi connectivity index (χ4n) is 3.53. The van der Waals surface area contributed by atoms with E-state index >= 15 is 0 Å². The molecule has 1 saturated heterocycles. The second-order valence-electron chi connectivity index (χ2n) is 7.57. The van der Waals surface area contributed by atoms with E-state index in [9.17, 15) is 14.7 Å². The number of benzene rings is 2. The maximum absolute atomic E-state index is 12.9. The quantitative estimate of drug-likeness (QED) is 0.442. The molecule has 1 aliphatic rings. The lowest BCUT2D eigenvalue weighted by atomic mass is 9.94. The van der Waals surface area contributed by atoms with Gasteiger partial charge in [-0.1, -0.05) is 41.4 Å². The summed E-state index contributed by atoms with van der Waals surface area (Å²) in [5, 5.41) is 11.5. The molecule has 152 valence electrons. The number of hydrogen-bond donors (Lipinski definition) is 1. The van der Waals surface area contributed by atoms with Crippen molar-refractivity contribution < 1.29 is 14.7 Å². The van der Waals surface area contributed by atoms with Gasteiger partial charge in [0.1, 0.15) is 5.76 Å². The Labute approximate surface area is 176 Å². The third kappa shape index (κ3) is 4.52. The molecule has 0 radical (unpaired) electrons. The van der Waals surface area contributed by atoms with Gasteiger partial charge in [-0.2, -0.15) is 0 Å². The first-order valence-electron chi connectivity index (χ1n) is 9.55. The minimum Gasteiger partial charge on any atom is -0.507 e. The topological polar surface area (TPSA) is 60.9 Å². The molecule has 0 aromatic heterocycles. The van der Waals surface area contributed by atoms with Gasteiger partial charge in [-0.3, -0.25) is 9.59 Å². The lowest BCUT2D eigenvalue weighted by Crippen LogP contribution is -2.32. The number of nitrogens with zero attached hydrogens (tertiary/aromatic N) is 2. The lowest BCUT2D eigenvalue weighted by Gasteiger charge is -2.26. The minimum atomic E-state index is -0.659. The molecule has 1 N–H and O–H groups in total. The Morgan fingerprint density at radius 3 is 2.28 bits per heavy atom. The van der Waals surface area contributed by atoms with E-state index in [4.69, 9.17) is 11.6 Å². The molecule has 0 saturated carbocycles. The van der Waals surface area contributed by atoms with Gasteiger partial charge in [-0.15, -0.1) is 0 Å². The number of likely N-dealkylation sites (tertiary alicyclic amines) is 1. The number of carbonyl (C=O) groups is 2. The first-order valence-corrected chi connectivity index (χ1v) is 9.93. The van der Waals surface area contributed by atoms with Crippen LogP contribution in [0.2, 0.25) is 5.02 Å². The second-order valence-corrected chi connectivity index (χ2v) is 8.00. The number of hydrogen-bond acceptors (Lipinski definition) is 4. The van der Waals surface area contributed by atoms with Gasteiger partial charge in [-0.25, -0.2) is 0 Å². The molecule has 0 bridgehead atoms. The van der Waals surface area contributed by atoms with Crippen molar-refractivity contribution in [3.05, 3.63) is 75.8 Å². The Hall–Kier alpha value is -2.63. The Morgan fingerprint density at radius 1 is 1.07 bits per heavy atom. The summed E-state index contributed by atoms with van der Waals surface area (Å²) in [6.07, 6.45) is 0.726. The van der Waals surface area contributed by atoms with Crippen LogP contribution in [-0.2, 0) is 9.59 Å². The van der Waals surface area contributed by atoms with Crippen molar-refractivity contribution in [2.24, 2.45) is 0 Å². The number of aliphatic hydroxyl groups is 1. The second kappa shape index (κ2) is 8.80. The third-order valence-electron chi connectivity index (χ3n) is 5.06. The van der Waals surface area contributed by atoms with E-state index in [0.29, 0.717) is 17.1 Å². The molecule has 0 aliphatic carbocycles. The molecular formula is C23H25ClN2O3. The van der Waals surface area contributed by atoms with Gasteiger partial charge in [0.2, 0.25) is 0 Å². The van der Waals surface area contributed by atoms with Crippen LogP contribution in [0.5, 0.6) is 0 Å². The molecule has 2 aromatic rings. The fourth-order valence-corrected chi connectivity index (χ4v) is 3.65. The third-order valence-corrected chi connectivity index (χ3v) is 5.31. The van der Waals surface area contributed by atoms with Crippen LogP contribution in [0, 0.1) is 6.92 Å². The Kier molecular flexibility index (Phi) is 6.40. The van der Waals surface area contributed by atoms with Gasteiger partial charge < -0.3 is 14.9 Å². The maximum atomic E-state index is 12.9. The number of aryl methyl sites for hydroxylation is 1. The number of halogens is 1. The first kappa shape index (κ1) is 21.1. The highest BCUT2D eigenvalue weighted by atomic mass is 35.5. The number of ketones is 1. The molecule has 2 aromatic carbocycles. The first-order chi connectivity index (χ1) is 13.8. The predicted molar refractivity (Wildman–Crippen MR) is 115 cm³/mol. The summed E-state index contributed by atoms with van der Waals surface area (Å²) in [5.74, 6) is -1.42. The zero-order valence-corrected chi connectivity index (χ0v) is 17.6. The Morgan fingerprint density at radius 2 is 1.69 bits per heavy atom. The average molecular weight is 413 g/mol. The summed E-state index contributed by atoms with van der Waals surface area (Å²) < 4.78 is 0. The van der Waals surface area contributed by atoms with E-state index in [1.165, 1.54) is 0 Å². The molecule has 1 heterocycles. The van der Waals surface area contributed by atoms with E-state index in [2.05, 4.69) is 0 Å². The van der Waals surface area contributed by atoms with Gasteiger partial charge in [0.25, 0.3) is 11.7 Å². The summed E-state index contributed by atoms with van der Waals surface area (Å²) in [6.45, 7) is 3.20. The van der Waals surface area contributed by atoms with Crippen LogP contribution in [0.25, 0.3) is 5.76 Å². The van der Waals surface area contributed by atoms with Gasteiger partial charge >= 0.3 is 0 Å². The van der Waals surface area contributed by atoms with Crippen LogP contribution in [-0.4, -0.2) is 53.8 Å². The number of Topliss-reactive ketones (excluding diaryl/α,β-unsaturated/α-hetero) is 1. The zero-order chi connectivity index (χ0) is 21.1. The smallest absolute Gasteiger partial charge is 0.295 e. The molecule has 1 amide bonds. The monoisotopic (exact) mass is 412 g/mol. The van der Waals surface area contributed by atoms with Crippen LogP contribution in [0.15, 0.2) is 54.1 Å². The van der Waals surface area contributed by atoms with Gasteiger partial charge in [0.15, 0.2) is 0 Å². The summed E-state index contributed by atoms with van der Waals surface area (Å²) in [7, 11) is 3.93. The Balaban J connectivity index is 2.07. The molecule has 1 aliphatic heterocycles. The van der Waals surface area contributed by atoms with Crippen LogP contribution in [0.3, 0.4) is 0 Å². The zero-order valence-electron chi connectivity index (χ0n) is 16.9. The average Bonchev–Trinajstić information content (AvgIpc) is 2.93. The molecule has 0 spiro atoms. The normalized spacial score (nSPS) is 18.7. The maximum Gasteiger partial charge on any atom is 0.295 e. The molecule has 29 heavy (non-hydrogen) atoms. The molecule has 1 fully saturated rings. The number of amides is 1. The van der Waals surface area contributed by atoms with Crippen molar-refractivity contribution >= 4 is 29.1 Å². The molecule has 5 nitrogen and oxygen atoms in total. The largest absolute Gasteiger partial charge is 0.507 e. The van der Waals surface area contributed by atoms with Crippen LogP contribution >= 0.6 is 11.6 Å².